The van der Waals surface area contributed by atoms with Crippen LogP contribution in [0.4, 0.5) is 0 Å². The van der Waals surface area contributed by atoms with Gasteiger partial charge < -0.3 is 15.2 Å². The largest absolute Gasteiger partial charge is 0.352 e. The summed E-state index contributed by atoms with van der Waals surface area (Å²) in [5, 5.41) is 10.7. The van der Waals surface area contributed by atoms with Gasteiger partial charge in [0.05, 0.1) is 11.9 Å². The topological polar surface area (TPSA) is 81.0 Å². The zero-order chi connectivity index (χ0) is 21.6. The van der Waals surface area contributed by atoms with E-state index in [4.69, 9.17) is 0 Å². The van der Waals surface area contributed by atoms with Crippen molar-refractivity contribution < 1.29 is 4.79 Å². The number of hydrogen-bond donors (Lipinski definition) is 2. The lowest BCUT2D eigenvalue weighted by molar-refractivity contribution is 0.0951. The van der Waals surface area contributed by atoms with Crippen molar-refractivity contribution in [2.45, 2.75) is 32.7 Å². The van der Waals surface area contributed by atoms with Crippen LogP contribution in [0.3, 0.4) is 0 Å². The fraction of sp³-hybridized carbons (Fsp3) is 0.375. The second-order valence-corrected chi connectivity index (χ2v) is 8.18. The highest BCUT2D eigenvalue weighted by molar-refractivity contribution is 5.95. The van der Waals surface area contributed by atoms with E-state index in [9.17, 15) is 9.59 Å². The van der Waals surface area contributed by atoms with Gasteiger partial charge in [0.1, 0.15) is 5.56 Å². The van der Waals surface area contributed by atoms with E-state index in [0.717, 1.165) is 37.2 Å². The molecule has 0 bridgehead atoms. The fourth-order valence-corrected chi connectivity index (χ4v) is 4.06. The molecule has 2 N–H and O–H groups in total. The average molecular weight is 456 g/mol. The molecule has 1 fully saturated rings. The van der Waals surface area contributed by atoms with Gasteiger partial charge in [0.15, 0.2) is 0 Å². The number of carbonyl (C=O) groups is 1. The number of rotatable bonds is 7. The minimum Gasteiger partial charge on any atom is -0.352 e. The Morgan fingerprint density at radius 2 is 2.06 bits per heavy atom. The zero-order valence-electron chi connectivity index (χ0n) is 18.3. The summed E-state index contributed by atoms with van der Waals surface area (Å²) in [6.07, 6.45) is 8.44. The molecule has 0 radical (unpaired) electrons. The number of amides is 1. The van der Waals surface area contributed by atoms with Crippen molar-refractivity contribution in [3.63, 3.8) is 0 Å². The number of para-hydroxylation sites is 1. The Hall–Kier alpha value is -2.90. The summed E-state index contributed by atoms with van der Waals surface area (Å²) in [5.74, 6) is 0.111. The Labute approximate surface area is 194 Å². The van der Waals surface area contributed by atoms with Crippen molar-refractivity contribution in [2.75, 3.05) is 19.6 Å². The van der Waals surface area contributed by atoms with E-state index >= 15 is 0 Å². The van der Waals surface area contributed by atoms with Crippen molar-refractivity contribution >= 4 is 18.3 Å². The lowest BCUT2D eigenvalue weighted by atomic mass is 9.99. The first-order valence-electron chi connectivity index (χ1n) is 10.9. The van der Waals surface area contributed by atoms with Gasteiger partial charge in [-0.3, -0.25) is 9.59 Å². The summed E-state index contributed by atoms with van der Waals surface area (Å²) in [5.41, 5.74) is 2.76. The molecular weight excluding hydrogens is 426 g/mol. The molecule has 1 atom stereocenters. The molecule has 0 saturated carbocycles. The highest BCUT2D eigenvalue weighted by atomic mass is 35.5. The van der Waals surface area contributed by atoms with Crippen molar-refractivity contribution in [1.82, 2.24) is 25.0 Å². The van der Waals surface area contributed by atoms with Gasteiger partial charge in [-0.15, -0.1) is 12.4 Å². The lowest BCUT2D eigenvalue weighted by Gasteiger charge is -2.23. The molecule has 8 heteroatoms. The monoisotopic (exact) mass is 455 g/mol. The molecule has 1 aliphatic rings. The van der Waals surface area contributed by atoms with Crippen LogP contribution in [0.15, 0.2) is 59.8 Å². The third-order valence-corrected chi connectivity index (χ3v) is 5.81. The van der Waals surface area contributed by atoms with E-state index in [0.29, 0.717) is 31.0 Å². The number of nitrogens with one attached hydrogen (secondary N) is 2. The normalized spacial score (nSPS) is 15.7. The van der Waals surface area contributed by atoms with Gasteiger partial charge in [-0.25, -0.2) is 4.68 Å². The minimum absolute atomic E-state index is 0. The molecule has 0 aliphatic carbocycles. The first-order chi connectivity index (χ1) is 15.1. The van der Waals surface area contributed by atoms with Crippen LogP contribution in [-0.4, -0.2) is 39.9 Å². The number of aromatic nitrogens is 3. The van der Waals surface area contributed by atoms with Gasteiger partial charge in [0.2, 0.25) is 0 Å². The number of pyridine rings is 1. The summed E-state index contributed by atoms with van der Waals surface area (Å²) in [7, 11) is 0. The third kappa shape index (κ3) is 5.66. The Morgan fingerprint density at radius 1 is 1.25 bits per heavy atom. The number of piperidine rings is 1. The Balaban J connectivity index is 0.00000289. The highest BCUT2D eigenvalue weighted by Crippen LogP contribution is 2.13. The number of carbonyl (C=O) groups excluding carboxylic acids is 1. The smallest absolute Gasteiger partial charge is 0.263 e. The molecule has 4 rings (SSSR count). The maximum absolute atomic E-state index is 13.0. The quantitative estimate of drug-likeness (QED) is 0.574. The molecule has 0 spiro atoms. The molecule has 32 heavy (non-hydrogen) atoms. The van der Waals surface area contributed by atoms with Crippen LogP contribution in [0, 0.1) is 12.8 Å². The highest BCUT2D eigenvalue weighted by Gasteiger charge is 2.19. The number of hydrogen-bond acceptors (Lipinski definition) is 4. The lowest BCUT2D eigenvalue weighted by Crippen LogP contribution is -2.38. The predicted molar refractivity (Wildman–Crippen MR) is 128 cm³/mol. The Kier molecular flexibility index (Phi) is 8.25. The van der Waals surface area contributed by atoms with Crippen molar-refractivity contribution in [3.05, 3.63) is 82.0 Å². The molecule has 2 aromatic heterocycles. The Bertz CT molecular complexity index is 1090. The summed E-state index contributed by atoms with van der Waals surface area (Å²) < 4.78 is 3.50. The van der Waals surface area contributed by atoms with Crippen molar-refractivity contribution in [1.29, 1.82) is 0 Å². The number of nitrogens with zero attached hydrogens (tertiary/aromatic N) is 3. The number of benzene rings is 1. The minimum atomic E-state index is -0.311. The van der Waals surface area contributed by atoms with Crippen molar-refractivity contribution in [3.8, 4) is 5.69 Å². The fourth-order valence-electron chi connectivity index (χ4n) is 4.06. The van der Waals surface area contributed by atoms with Crippen LogP contribution in [0.5, 0.6) is 0 Å². The molecule has 170 valence electrons. The van der Waals surface area contributed by atoms with Gasteiger partial charge >= 0.3 is 0 Å². The molecule has 1 amide bonds. The molecule has 7 nitrogen and oxygen atoms in total. The van der Waals surface area contributed by atoms with E-state index in [1.165, 1.54) is 0 Å². The van der Waals surface area contributed by atoms with Gasteiger partial charge in [0, 0.05) is 25.5 Å². The second kappa shape index (κ2) is 11.1. The van der Waals surface area contributed by atoms with Crippen LogP contribution in [0.25, 0.3) is 5.69 Å². The third-order valence-electron chi connectivity index (χ3n) is 5.81. The van der Waals surface area contributed by atoms with Gasteiger partial charge in [-0.2, -0.15) is 5.10 Å². The summed E-state index contributed by atoms with van der Waals surface area (Å²) in [4.78, 5) is 25.8. The number of aryl methyl sites for hydroxylation is 1. The van der Waals surface area contributed by atoms with E-state index in [1.54, 1.807) is 17.0 Å². The summed E-state index contributed by atoms with van der Waals surface area (Å²) in [6, 6.07) is 11.7. The summed E-state index contributed by atoms with van der Waals surface area (Å²) >= 11 is 0. The van der Waals surface area contributed by atoms with Crippen molar-refractivity contribution in [2.24, 2.45) is 5.92 Å². The van der Waals surface area contributed by atoms with Crippen LogP contribution in [0.1, 0.15) is 34.3 Å². The maximum Gasteiger partial charge on any atom is 0.263 e. The van der Waals surface area contributed by atoms with E-state index in [1.807, 2.05) is 54.2 Å². The Morgan fingerprint density at radius 3 is 2.81 bits per heavy atom. The molecule has 1 saturated heterocycles. The van der Waals surface area contributed by atoms with Crippen LogP contribution in [-0.2, 0) is 13.0 Å². The zero-order valence-corrected chi connectivity index (χ0v) is 19.1. The average Bonchev–Trinajstić information content (AvgIpc) is 3.26. The predicted octanol–water partition coefficient (Wildman–Crippen LogP) is 2.74. The molecular formula is C24H30ClN5O2. The van der Waals surface area contributed by atoms with Gasteiger partial charge in [-0.05, 0) is 74.5 Å². The van der Waals surface area contributed by atoms with Gasteiger partial charge in [-0.1, -0.05) is 18.2 Å². The number of halogens is 1. The molecule has 3 heterocycles. The second-order valence-electron chi connectivity index (χ2n) is 8.18. The van der Waals surface area contributed by atoms with E-state index in [2.05, 4.69) is 15.7 Å². The molecule has 1 unspecified atom stereocenters. The molecule has 3 aromatic rings. The first kappa shape index (κ1) is 23.8. The standard InChI is InChI=1S/C24H29N5O2.ClH/c1-18-10-13-28(16-19-6-5-11-25-14-19)24(31)22(18)23(30)26-12-9-20-15-27-29(17-20)21-7-3-2-4-8-21;/h2-4,7-8,10,13,15,17,19,25H,5-6,9,11-12,14,16H2,1H3,(H,26,30);1H. The van der Waals surface area contributed by atoms with Crippen LogP contribution < -0.4 is 16.2 Å². The van der Waals surface area contributed by atoms with Gasteiger partial charge in [0.25, 0.3) is 11.5 Å². The maximum atomic E-state index is 13.0. The molecule has 1 aromatic carbocycles. The van der Waals surface area contributed by atoms with E-state index < -0.39 is 0 Å². The van der Waals surface area contributed by atoms with E-state index in [-0.39, 0.29) is 29.4 Å². The SMILES string of the molecule is Cc1ccn(CC2CCCNC2)c(=O)c1C(=O)NCCc1cnn(-c2ccccc2)c1.Cl. The summed E-state index contributed by atoms with van der Waals surface area (Å²) in [6.45, 7) is 4.85. The van der Waals surface area contributed by atoms with Crippen LogP contribution >= 0.6 is 12.4 Å². The first-order valence-corrected chi connectivity index (χ1v) is 10.9. The van der Waals surface area contributed by atoms with Crippen LogP contribution in [0.2, 0.25) is 0 Å². The molecule has 1 aliphatic heterocycles.